The van der Waals surface area contributed by atoms with Gasteiger partial charge in [-0.15, -0.1) is 6.58 Å². The van der Waals surface area contributed by atoms with Crippen LogP contribution in [0.3, 0.4) is 0 Å². The number of nitrogens with zero attached hydrogens (tertiary/aromatic N) is 2. The summed E-state index contributed by atoms with van der Waals surface area (Å²) in [4.78, 5) is 29.0. The monoisotopic (exact) mass is 545 g/mol. The molecule has 0 spiro atoms. The lowest BCUT2D eigenvalue weighted by atomic mass is 10.0. The third-order valence-corrected chi connectivity index (χ3v) is 8.78. The van der Waals surface area contributed by atoms with Crippen molar-refractivity contribution in [3.8, 4) is 0 Å². The molecule has 0 aliphatic carbocycles. The van der Waals surface area contributed by atoms with E-state index in [9.17, 15) is 18.0 Å². The molecule has 8 heteroatoms. The maximum atomic E-state index is 13.7. The van der Waals surface area contributed by atoms with Gasteiger partial charge in [0.1, 0.15) is 6.04 Å². The minimum absolute atomic E-state index is 0.170. The molecule has 1 unspecified atom stereocenters. The second-order valence-electron chi connectivity index (χ2n) is 9.61. The minimum atomic E-state index is -3.49. The number of carbonyl (C=O) groups is 2. The average Bonchev–Trinajstić information content (AvgIpc) is 3.52. The van der Waals surface area contributed by atoms with E-state index in [1.807, 2.05) is 60.7 Å². The van der Waals surface area contributed by atoms with E-state index in [0.717, 1.165) is 29.5 Å². The summed E-state index contributed by atoms with van der Waals surface area (Å²) < 4.78 is 27.2. The van der Waals surface area contributed by atoms with E-state index in [1.165, 1.54) is 4.31 Å². The zero-order valence-electron chi connectivity index (χ0n) is 22.0. The van der Waals surface area contributed by atoms with E-state index in [4.69, 9.17) is 0 Å². The Bertz CT molecular complexity index is 1350. The molecule has 0 bridgehead atoms. The van der Waals surface area contributed by atoms with Gasteiger partial charge in [-0.25, -0.2) is 8.42 Å². The second kappa shape index (κ2) is 13.4. The molecular weight excluding hydrogens is 510 g/mol. The molecular formula is C31H35N3O4S. The van der Waals surface area contributed by atoms with Crippen molar-refractivity contribution in [1.82, 2.24) is 14.5 Å². The number of hydrogen-bond donors (Lipinski definition) is 1. The summed E-state index contributed by atoms with van der Waals surface area (Å²) in [6.07, 6.45) is 3.97. The summed E-state index contributed by atoms with van der Waals surface area (Å²) in [5.74, 6) is -0.447. The summed E-state index contributed by atoms with van der Waals surface area (Å²) >= 11 is 0. The Balaban J connectivity index is 1.54. The molecule has 2 amide bonds. The van der Waals surface area contributed by atoms with Gasteiger partial charge in [-0.05, 0) is 48.1 Å². The summed E-state index contributed by atoms with van der Waals surface area (Å²) in [7, 11) is -3.49. The summed E-state index contributed by atoms with van der Waals surface area (Å²) in [5.41, 5.74) is 2.50. The highest BCUT2D eigenvalue weighted by atomic mass is 32.2. The van der Waals surface area contributed by atoms with Crippen molar-refractivity contribution in [2.75, 3.05) is 19.6 Å². The topological polar surface area (TPSA) is 86.8 Å². The van der Waals surface area contributed by atoms with Gasteiger partial charge >= 0.3 is 0 Å². The average molecular weight is 546 g/mol. The lowest BCUT2D eigenvalue weighted by Crippen LogP contribution is -2.43. The van der Waals surface area contributed by atoms with E-state index in [1.54, 1.807) is 35.2 Å². The number of amides is 2. The van der Waals surface area contributed by atoms with Crippen LogP contribution in [-0.2, 0) is 32.6 Å². The molecule has 3 aromatic carbocycles. The lowest BCUT2D eigenvalue weighted by Gasteiger charge is -2.31. The van der Waals surface area contributed by atoms with Gasteiger partial charge in [-0.1, -0.05) is 78.9 Å². The maximum Gasteiger partial charge on any atom is 0.247 e. The Morgan fingerprint density at radius 3 is 2.13 bits per heavy atom. The maximum absolute atomic E-state index is 13.7. The molecule has 0 aromatic heterocycles. The molecule has 204 valence electrons. The number of sulfonamides is 1. The Hall–Kier alpha value is -3.75. The van der Waals surface area contributed by atoms with Crippen LogP contribution in [0, 0.1) is 0 Å². The normalized spacial score (nSPS) is 14.5. The first kappa shape index (κ1) is 28.3. The van der Waals surface area contributed by atoms with Crippen LogP contribution >= 0.6 is 0 Å². The summed E-state index contributed by atoms with van der Waals surface area (Å²) in [6.45, 7) is 5.36. The second-order valence-corrected chi connectivity index (χ2v) is 11.5. The third-order valence-electron chi connectivity index (χ3n) is 6.87. The predicted octanol–water partition coefficient (Wildman–Crippen LogP) is 4.48. The number of rotatable bonds is 12. The first-order chi connectivity index (χ1) is 18.9. The van der Waals surface area contributed by atoms with Crippen LogP contribution in [0.15, 0.2) is 102 Å². The third kappa shape index (κ3) is 7.22. The van der Waals surface area contributed by atoms with Crippen LogP contribution in [0.4, 0.5) is 0 Å². The molecule has 39 heavy (non-hydrogen) atoms. The van der Waals surface area contributed by atoms with Crippen LogP contribution in [0.5, 0.6) is 0 Å². The molecule has 0 saturated carbocycles. The van der Waals surface area contributed by atoms with E-state index >= 15 is 0 Å². The van der Waals surface area contributed by atoms with Gasteiger partial charge < -0.3 is 10.2 Å². The number of benzene rings is 3. The molecule has 0 radical (unpaired) electrons. The standard InChI is InChI=1S/C31H35N3O4S/c1-2-21-32-31(36)30(27-13-7-4-8-14-27)34(24-26-11-5-3-6-12-26)29(35)20-17-25-15-18-28(19-16-25)39(37,38)33-22-9-10-23-33/h2-8,11-16,18-19,30H,1,9-10,17,20-24H2,(H,32,36). The Morgan fingerprint density at radius 1 is 0.897 bits per heavy atom. The fourth-order valence-corrected chi connectivity index (χ4v) is 6.30. The molecule has 1 atom stereocenters. The van der Waals surface area contributed by atoms with Crippen LogP contribution in [0.2, 0.25) is 0 Å². The van der Waals surface area contributed by atoms with Crippen LogP contribution in [-0.4, -0.2) is 49.1 Å². The van der Waals surface area contributed by atoms with Gasteiger partial charge in [0.25, 0.3) is 0 Å². The molecule has 1 saturated heterocycles. The fourth-order valence-electron chi connectivity index (χ4n) is 4.78. The largest absolute Gasteiger partial charge is 0.351 e. The Morgan fingerprint density at radius 2 is 1.51 bits per heavy atom. The Kier molecular flexibility index (Phi) is 9.68. The van der Waals surface area contributed by atoms with E-state index < -0.39 is 16.1 Å². The van der Waals surface area contributed by atoms with Crippen LogP contribution < -0.4 is 5.32 Å². The smallest absolute Gasteiger partial charge is 0.247 e. The minimum Gasteiger partial charge on any atom is -0.351 e. The van der Waals surface area contributed by atoms with Gasteiger partial charge in [0, 0.05) is 32.6 Å². The molecule has 3 aromatic rings. The van der Waals surface area contributed by atoms with Crippen molar-refractivity contribution in [2.45, 2.75) is 43.2 Å². The lowest BCUT2D eigenvalue weighted by molar-refractivity contribution is -0.141. The van der Waals surface area contributed by atoms with Gasteiger partial charge in [-0.3, -0.25) is 9.59 Å². The number of carbonyl (C=O) groups excluding carboxylic acids is 2. The molecule has 4 rings (SSSR count). The molecule has 1 N–H and O–H groups in total. The van der Waals surface area contributed by atoms with Gasteiger partial charge in [0.15, 0.2) is 0 Å². The van der Waals surface area contributed by atoms with Gasteiger partial charge in [-0.2, -0.15) is 4.31 Å². The SMILES string of the molecule is C=CCNC(=O)C(c1ccccc1)N(Cc1ccccc1)C(=O)CCc1ccc(S(=O)(=O)N2CCCC2)cc1. The summed E-state index contributed by atoms with van der Waals surface area (Å²) in [6, 6.07) is 24.8. The molecule has 1 aliphatic heterocycles. The van der Waals surface area contributed by atoms with Crippen LogP contribution in [0.25, 0.3) is 0 Å². The molecule has 1 heterocycles. The summed E-state index contributed by atoms with van der Waals surface area (Å²) in [5, 5.41) is 2.86. The molecule has 7 nitrogen and oxygen atoms in total. The van der Waals surface area contributed by atoms with Crippen molar-refractivity contribution in [1.29, 1.82) is 0 Å². The zero-order valence-corrected chi connectivity index (χ0v) is 22.9. The zero-order chi connectivity index (χ0) is 27.7. The highest BCUT2D eigenvalue weighted by Gasteiger charge is 2.31. The highest BCUT2D eigenvalue weighted by molar-refractivity contribution is 7.89. The van der Waals surface area contributed by atoms with E-state index in [0.29, 0.717) is 26.1 Å². The number of aryl methyl sites for hydroxylation is 1. The van der Waals surface area contributed by atoms with E-state index in [-0.39, 0.29) is 29.7 Å². The van der Waals surface area contributed by atoms with Crippen molar-refractivity contribution < 1.29 is 18.0 Å². The van der Waals surface area contributed by atoms with Gasteiger partial charge in [0.05, 0.1) is 4.90 Å². The van der Waals surface area contributed by atoms with E-state index in [2.05, 4.69) is 11.9 Å². The van der Waals surface area contributed by atoms with Crippen molar-refractivity contribution in [2.24, 2.45) is 0 Å². The van der Waals surface area contributed by atoms with Crippen LogP contribution in [0.1, 0.15) is 42.0 Å². The Labute approximate surface area is 231 Å². The van der Waals surface area contributed by atoms with Crippen molar-refractivity contribution in [3.05, 3.63) is 114 Å². The first-order valence-corrected chi connectivity index (χ1v) is 14.7. The number of hydrogen-bond acceptors (Lipinski definition) is 4. The van der Waals surface area contributed by atoms with Crippen molar-refractivity contribution >= 4 is 21.8 Å². The first-order valence-electron chi connectivity index (χ1n) is 13.3. The van der Waals surface area contributed by atoms with Crippen molar-refractivity contribution in [3.63, 3.8) is 0 Å². The molecule has 1 fully saturated rings. The number of nitrogens with one attached hydrogen (secondary N) is 1. The predicted molar refractivity (Wildman–Crippen MR) is 152 cm³/mol. The van der Waals surface area contributed by atoms with Gasteiger partial charge in [0.2, 0.25) is 21.8 Å². The highest BCUT2D eigenvalue weighted by Crippen LogP contribution is 2.26. The quantitative estimate of drug-likeness (QED) is 0.340. The molecule has 1 aliphatic rings. The fraction of sp³-hybridized carbons (Fsp3) is 0.290.